The predicted molar refractivity (Wildman–Crippen MR) is 121 cm³/mol. The van der Waals surface area contributed by atoms with Crippen molar-refractivity contribution in [1.29, 1.82) is 0 Å². The van der Waals surface area contributed by atoms with E-state index in [4.69, 9.17) is 2.82 Å². The number of fused-ring (bicyclic) bond motifs is 1. The lowest BCUT2D eigenvalue weighted by atomic mass is 10.0. The third-order valence-corrected chi connectivity index (χ3v) is 5.46. The van der Waals surface area contributed by atoms with Crippen molar-refractivity contribution in [3.63, 3.8) is 0 Å². The Kier molecular flexibility index (Phi) is 5.53. The molecule has 0 bridgehead atoms. The van der Waals surface area contributed by atoms with Crippen LogP contribution in [0.15, 0.2) is 60.8 Å². The molecule has 10 nitrogen and oxygen atoms in total. The number of carbonyl (C=O) groups excluding carboxylic acids is 4. The molecule has 3 atom stereocenters. The van der Waals surface area contributed by atoms with E-state index in [-0.39, 0.29) is 18.9 Å². The molecule has 1 aliphatic heterocycles. The van der Waals surface area contributed by atoms with Gasteiger partial charge in [-0.15, -0.1) is 0 Å². The molecule has 0 saturated carbocycles. The smallest absolute Gasteiger partial charge is 0.312 e. The summed E-state index contributed by atoms with van der Waals surface area (Å²) in [5.74, 6) is -1.69. The van der Waals surface area contributed by atoms with E-state index in [9.17, 15) is 19.2 Å². The molecular formula is C23H24N6O4. The van der Waals surface area contributed by atoms with Crippen molar-refractivity contribution < 1.29 is 22.0 Å². The first-order chi connectivity index (χ1) is 16.9. The van der Waals surface area contributed by atoms with Crippen LogP contribution in [0.25, 0.3) is 10.9 Å². The minimum atomic E-state index is -1.36. The Morgan fingerprint density at radius 2 is 1.88 bits per heavy atom. The van der Waals surface area contributed by atoms with Gasteiger partial charge >= 0.3 is 6.03 Å². The summed E-state index contributed by atoms with van der Waals surface area (Å²) in [5.41, 5.74) is 3.58. The molecule has 7 N–H and O–H groups in total. The molecular weight excluding hydrogens is 424 g/mol. The van der Waals surface area contributed by atoms with Crippen LogP contribution in [0.4, 0.5) is 4.79 Å². The van der Waals surface area contributed by atoms with Crippen LogP contribution in [0.3, 0.4) is 0 Å². The number of benzene rings is 2. The van der Waals surface area contributed by atoms with Gasteiger partial charge < -0.3 is 32.0 Å². The summed E-state index contributed by atoms with van der Waals surface area (Å²) in [4.78, 5) is 53.2. The van der Waals surface area contributed by atoms with Crippen LogP contribution in [0.1, 0.15) is 17.2 Å². The van der Waals surface area contributed by atoms with Crippen LogP contribution in [-0.2, 0) is 20.8 Å². The lowest BCUT2D eigenvalue weighted by Crippen LogP contribution is -2.63. The zero-order valence-electron chi connectivity index (χ0n) is 19.5. The van der Waals surface area contributed by atoms with Gasteiger partial charge in [0.15, 0.2) is 2.82 Å². The van der Waals surface area contributed by atoms with Crippen molar-refractivity contribution in [3.8, 4) is 0 Å². The van der Waals surface area contributed by atoms with Gasteiger partial charge in [0.2, 0.25) is 17.7 Å². The number of H-pyrrole nitrogens is 1. The molecule has 170 valence electrons. The summed E-state index contributed by atoms with van der Waals surface area (Å²) in [6.45, 7) is 0.285. The Hall–Kier alpha value is -4.34. The Bertz CT molecular complexity index is 1250. The van der Waals surface area contributed by atoms with Gasteiger partial charge in [-0.25, -0.2) is 4.79 Å². The van der Waals surface area contributed by atoms with Gasteiger partial charge in [0.05, 0.1) is 0 Å². The SMILES string of the molecule is [2H]NC(=O)N([2H])[C@@H](Cc1c[nH]c2ccccc12)C(=O)NC(C(=O)NC1CNC1=O)c1ccccc1. The molecule has 2 aromatic carbocycles. The molecule has 33 heavy (non-hydrogen) atoms. The highest BCUT2D eigenvalue weighted by Crippen LogP contribution is 2.20. The Morgan fingerprint density at radius 1 is 1.12 bits per heavy atom. The monoisotopic (exact) mass is 450 g/mol. The number of hydrogen-bond donors (Lipinski definition) is 6. The van der Waals surface area contributed by atoms with Gasteiger partial charge in [-0.1, -0.05) is 48.5 Å². The maximum atomic E-state index is 13.4. The van der Waals surface area contributed by atoms with Crippen molar-refractivity contribution >= 4 is 34.7 Å². The van der Waals surface area contributed by atoms with Crippen LogP contribution in [0.5, 0.6) is 0 Å². The van der Waals surface area contributed by atoms with Crippen LogP contribution in [0.2, 0.25) is 2.82 Å². The molecule has 1 saturated heterocycles. The number of nitrogens with two attached hydrogens (primary N) is 1. The molecule has 10 heteroatoms. The minimum Gasteiger partial charge on any atom is -0.361 e. The van der Waals surface area contributed by atoms with E-state index in [0.717, 1.165) is 10.9 Å². The molecule has 0 spiro atoms. The summed E-state index contributed by atoms with van der Waals surface area (Å²) < 4.78 is 15.3. The average Bonchev–Trinajstić information content (AvgIpc) is 3.30. The number of nitrogens with one attached hydrogen (secondary N) is 5. The molecule has 2 unspecified atom stereocenters. The molecule has 1 fully saturated rings. The lowest BCUT2D eigenvalue weighted by molar-refractivity contribution is -0.135. The first-order valence-electron chi connectivity index (χ1n) is 11.3. The van der Waals surface area contributed by atoms with E-state index >= 15 is 0 Å². The minimum absolute atomic E-state index is 0.0407. The van der Waals surface area contributed by atoms with Gasteiger partial charge in [-0.3, -0.25) is 14.4 Å². The molecule has 0 radical (unpaired) electrons. The second kappa shape index (κ2) is 9.43. The van der Waals surface area contributed by atoms with Crippen LogP contribution < -0.4 is 27.0 Å². The Labute approximate surface area is 192 Å². The lowest BCUT2D eigenvalue weighted by Gasteiger charge is -2.29. The third kappa shape index (κ3) is 4.95. The van der Waals surface area contributed by atoms with E-state index in [1.807, 2.05) is 24.3 Å². The first kappa shape index (κ1) is 19.4. The summed E-state index contributed by atoms with van der Waals surface area (Å²) >= 11 is 0. The van der Waals surface area contributed by atoms with E-state index in [1.165, 1.54) is 0 Å². The molecule has 5 amide bonds. The number of aromatic amines is 1. The molecule has 0 aliphatic carbocycles. The largest absolute Gasteiger partial charge is 0.361 e. The van der Waals surface area contributed by atoms with Crippen molar-refractivity contribution in [2.45, 2.75) is 24.5 Å². The second-order valence-corrected chi connectivity index (χ2v) is 7.67. The summed E-state index contributed by atoms with van der Waals surface area (Å²) in [5, 5.41) is 8.96. The summed E-state index contributed by atoms with van der Waals surface area (Å²) in [7, 11) is 0. The molecule has 4 rings (SSSR count). The number of rotatable bonds is 8. The van der Waals surface area contributed by atoms with Crippen LogP contribution in [0, 0.1) is 0 Å². The van der Waals surface area contributed by atoms with E-state index in [0.29, 0.717) is 16.4 Å². The van der Waals surface area contributed by atoms with Gasteiger partial charge in [-0.05, 0) is 17.2 Å². The van der Waals surface area contributed by atoms with E-state index in [2.05, 4.69) is 20.9 Å². The van der Waals surface area contributed by atoms with Crippen LogP contribution in [-0.4, -0.2) is 47.4 Å². The average molecular weight is 450 g/mol. The van der Waals surface area contributed by atoms with Crippen molar-refractivity contribution in [2.75, 3.05) is 6.54 Å². The number of aromatic nitrogens is 1. The summed E-state index contributed by atoms with van der Waals surface area (Å²) in [6.07, 6.45) is 1.65. The van der Waals surface area contributed by atoms with Gasteiger partial charge in [0.25, 0.3) is 0 Å². The van der Waals surface area contributed by atoms with Gasteiger partial charge in [0, 0.05) is 30.1 Å². The van der Waals surface area contributed by atoms with Gasteiger partial charge in [0.1, 0.15) is 18.1 Å². The second-order valence-electron chi connectivity index (χ2n) is 7.67. The highest BCUT2D eigenvalue weighted by molar-refractivity contribution is 5.96. The van der Waals surface area contributed by atoms with E-state index in [1.54, 1.807) is 42.3 Å². The molecule has 1 aromatic heterocycles. The third-order valence-electron chi connectivity index (χ3n) is 5.46. The zero-order valence-corrected chi connectivity index (χ0v) is 17.5. The standard InChI is InChI=1S/C23H24N6O4/c24-23(33)28-17(10-14-11-25-16-9-5-4-8-15(14)16)21(31)29-19(13-6-2-1-3-7-13)22(32)27-18-12-26-20(18)30/h1-9,11,17-19,25H,10,12H2,(H,26,30)(H,27,32)(H,29,31)(H3,24,28,33)/t17-,18?,19?/m0/s1/i/hD2. The Morgan fingerprint density at radius 3 is 2.58 bits per heavy atom. The first-order valence-corrected chi connectivity index (χ1v) is 10.4. The quantitative estimate of drug-likeness (QED) is 0.271. The topological polar surface area (TPSA) is 158 Å². The van der Waals surface area contributed by atoms with Crippen molar-refractivity contribution in [1.82, 2.24) is 26.2 Å². The van der Waals surface area contributed by atoms with E-state index < -0.39 is 36.0 Å². The number of hydrogen-bond acceptors (Lipinski definition) is 4. The Balaban J connectivity index is 1.61. The molecule has 3 aromatic rings. The molecule has 2 heterocycles. The summed E-state index contributed by atoms with van der Waals surface area (Å²) in [6, 6.07) is 11.5. The fourth-order valence-electron chi connectivity index (χ4n) is 3.69. The van der Waals surface area contributed by atoms with Gasteiger partial charge in [-0.2, -0.15) is 0 Å². The van der Waals surface area contributed by atoms with Crippen molar-refractivity contribution in [2.24, 2.45) is 5.73 Å². The predicted octanol–water partition coefficient (Wildman–Crippen LogP) is 0.219. The maximum Gasteiger partial charge on any atom is 0.312 e. The van der Waals surface area contributed by atoms with Crippen molar-refractivity contribution in [3.05, 3.63) is 71.9 Å². The number of β-lactam (4-membered cyclic amide) rings is 1. The zero-order chi connectivity index (χ0) is 24.9. The number of primary amides is 1. The number of para-hydroxylation sites is 1. The number of amides is 5. The fraction of sp³-hybridized carbons (Fsp3) is 0.217. The fourth-order valence-corrected chi connectivity index (χ4v) is 3.69. The maximum absolute atomic E-state index is 13.4. The number of urea groups is 1. The highest BCUT2D eigenvalue weighted by atomic mass is 16.2. The highest BCUT2D eigenvalue weighted by Gasteiger charge is 2.34. The normalized spacial score (nSPS) is 17.5. The van der Waals surface area contributed by atoms with Crippen LogP contribution >= 0.6 is 0 Å². The molecule has 1 aliphatic rings. The number of carbonyl (C=O) groups is 4.